The summed E-state index contributed by atoms with van der Waals surface area (Å²) in [6, 6.07) is 20.0. The number of rotatable bonds is 8. The van der Waals surface area contributed by atoms with Crippen molar-refractivity contribution in [2.45, 2.75) is 46.0 Å². The standard InChI is InChI=1S/C28H31BrN2O3/c1-5-6-16-34-25-15-12-20(17-24(25)29)27(33)31-23-9-7-8-22(18-23)30-26(32)19-10-13-21(14-11-19)28(2,3)4/h7-15,17-18H,5-6,16H2,1-4H3,(H,30,32)(H,31,33). The number of halogens is 1. The van der Waals surface area contributed by atoms with E-state index in [-0.39, 0.29) is 17.2 Å². The summed E-state index contributed by atoms with van der Waals surface area (Å²) in [5, 5.41) is 5.78. The molecule has 0 radical (unpaired) electrons. The third-order valence-corrected chi connectivity index (χ3v) is 5.96. The summed E-state index contributed by atoms with van der Waals surface area (Å²) in [6.07, 6.45) is 2.03. The molecule has 34 heavy (non-hydrogen) atoms. The lowest BCUT2D eigenvalue weighted by atomic mass is 9.87. The Bertz CT molecular complexity index is 1150. The lowest BCUT2D eigenvalue weighted by molar-refractivity contribution is 0.101. The Morgan fingerprint density at radius 3 is 2.00 bits per heavy atom. The van der Waals surface area contributed by atoms with Gasteiger partial charge in [0.1, 0.15) is 5.75 Å². The molecule has 3 aromatic rings. The zero-order valence-corrected chi connectivity index (χ0v) is 21.7. The third kappa shape index (κ3) is 6.94. The molecular formula is C28H31BrN2O3. The van der Waals surface area contributed by atoms with Gasteiger partial charge in [-0.3, -0.25) is 9.59 Å². The second-order valence-electron chi connectivity index (χ2n) is 9.16. The largest absolute Gasteiger partial charge is 0.492 e. The average molecular weight is 523 g/mol. The van der Waals surface area contributed by atoms with Gasteiger partial charge in [0.25, 0.3) is 11.8 Å². The van der Waals surface area contributed by atoms with Gasteiger partial charge in [-0.15, -0.1) is 0 Å². The van der Waals surface area contributed by atoms with E-state index in [0.717, 1.165) is 17.3 Å². The first-order valence-electron chi connectivity index (χ1n) is 11.4. The smallest absolute Gasteiger partial charge is 0.255 e. The number of benzene rings is 3. The van der Waals surface area contributed by atoms with Crippen LogP contribution < -0.4 is 15.4 Å². The molecule has 0 aliphatic carbocycles. The molecule has 0 unspecified atom stereocenters. The predicted molar refractivity (Wildman–Crippen MR) is 142 cm³/mol. The van der Waals surface area contributed by atoms with E-state index in [4.69, 9.17) is 4.74 Å². The lowest BCUT2D eigenvalue weighted by Gasteiger charge is -2.19. The van der Waals surface area contributed by atoms with Crippen molar-refractivity contribution in [3.63, 3.8) is 0 Å². The van der Waals surface area contributed by atoms with Crippen LogP contribution in [0.3, 0.4) is 0 Å². The summed E-state index contributed by atoms with van der Waals surface area (Å²) in [6.45, 7) is 9.15. The van der Waals surface area contributed by atoms with Crippen molar-refractivity contribution in [2.75, 3.05) is 17.2 Å². The van der Waals surface area contributed by atoms with Crippen LogP contribution in [-0.2, 0) is 5.41 Å². The second-order valence-corrected chi connectivity index (χ2v) is 10.0. The molecule has 0 saturated carbocycles. The Kier molecular flexibility index (Phi) is 8.51. The molecular weight excluding hydrogens is 492 g/mol. The van der Waals surface area contributed by atoms with Gasteiger partial charge in [-0.2, -0.15) is 0 Å². The molecule has 2 N–H and O–H groups in total. The summed E-state index contributed by atoms with van der Waals surface area (Å²) in [5.41, 5.74) is 3.46. The van der Waals surface area contributed by atoms with Crippen molar-refractivity contribution in [2.24, 2.45) is 0 Å². The Hall–Kier alpha value is -3.12. The fourth-order valence-electron chi connectivity index (χ4n) is 3.29. The Morgan fingerprint density at radius 1 is 0.853 bits per heavy atom. The summed E-state index contributed by atoms with van der Waals surface area (Å²) in [7, 11) is 0. The summed E-state index contributed by atoms with van der Waals surface area (Å²) in [4.78, 5) is 25.4. The summed E-state index contributed by atoms with van der Waals surface area (Å²) < 4.78 is 6.45. The van der Waals surface area contributed by atoms with Crippen molar-refractivity contribution in [3.8, 4) is 5.75 Å². The van der Waals surface area contributed by atoms with Crippen molar-refractivity contribution in [1.29, 1.82) is 0 Å². The van der Waals surface area contributed by atoms with Crippen molar-refractivity contribution in [1.82, 2.24) is 0 Å². The van der Waals surface area contributed by atoms with E-state index in [1.54, 1.807) is 42.5 Å². The quantitative estimate of drug-likeness (QED) is 0.302. The molecule has 178 valence electrons. The molecule has 0 spiro atoms. The number of unbranched alkanes of at least 4 members (excludes halogenated alkanes) is 1. The van der Waals surface area contributed by atoms with Crippen LogP contribution in [0.25, 0.3) is 0 Å². The molecule has 3 rings (SSSR count). The van der Waals surface area contributed by atoms with Crippen molar-refractivity contribution >= 4 is 39.1 Å². The highest BCUT2D eigenvalue weighted by molar-refractivity contribution is 9.10. The first kappa shape index (κ1) is 25.5. The topological polar surface area (TPSA) is 67.4 Å². The van der Waals surface area contributed by atoms with Gasteiger partial charge in [-0.05, 0) is 81.9 Å². The average Bonchev–Trinajstić information content (AvgIpc) is 2.80. The first-order valence-corrected chi connectivity index (χ1v) is 12.2. The van der Waals surface area contributed by atoms with Crippen LogP contribution in [0.5, 0.6) is 5.75 Å². The zero-order valence-electron chi connectivity index (χ0n) is 20.1. The number of amides is 2. The second kappa shape index (κ2) is 11.3. The zero-order chi connectivity index (χ0) is 24.7. The molecule has 5 nitrogen and oxygen atoms in total. The highest BCUT2D eigenvalue weighted by Crippen LogP contribution is 2.27. The number of ether oxygens (including phenoxy) is 1. The minimum absolute atomic E-state index is 0.0273. The number of anilines is 2. The molecule has 2 amide bonds. The molecule has 0 fully saturated rings. The van der Waals surface area contributed by atoms with E-state index in [9.17, 15) is 9.59 Å². The van der Waals surface area contributed by atoms with E-state index < -0.39 is 0 Å². The van der Waals surface area contributed by atoms with Gasteiger partial charge in [0.05, 0.1) is 11.1 Å². The SMILES string of the molecule is CCCCOc1ccc(C(=O)Nc2cccc(NC(=O)c3ccc(C(C)(C)C)cc3)c2)cc1Br. The summed E-state index contributed by atoms with van der Waals surface area (Å²) in [5.74, 6) is 0.263. The highest BCUT2D eigenvalue weighted by atomic mass is 79.9. The van der Waals surface area contributed by atoms with E-state index in [1.807, 2.05) is 24.3 Å². The maximum Gasteiger partial charge on any atom is 0.255 e. The first-order chi connectivity index (χ1) is 16.2. The monoisotopic (exact) mass is 522 g/mol. The van der Waals surface area contributed by atoms with Crippen LogP contribution in [0.1, 0.15) is 66.8 Å². The van der Waals surface area contributed by atoms with Crippen LogP contribution in [0, 0.1) is 0 Å². The number of hydrogen-bond donors (Lipinski definition) is 2. The van der Waals surface area contributed by atoms with E-state index in [2.05, 4.69) is 54.3 Å². The van der Waals surface area contributed by atoms with Crippen molar-refractivity contribution in [3.05, 3.63) is 87.9 Å². The Labute approximate surface area is 210 Å². The van der Waals surface area contributed by atoms with Gasteiger partial charge >= 0.3 is 0 Å². The fraction of sp³-hybridized carbons (Fsp3) is 0.286. The molecule has 0 aliphatic heterocycles. The molecule has 0 bridgehead atoms. The number of carbonyl (C=O) groups excluding carboxylic acids is 2. The van der Waals surface area contributed by atoms with Gasteiger partial charge in [-0.1, -0.05) is 52.3 Å². The third-order valence-electron chi connectivity index (χ3n) is 5.34. The molecule has 3 aromatic carbocycles. The minimum Gasteiger partial charge on any atom is -0.492 e. The molecule has 0 atom stereocenters. The number of carbonyl (C=O) groups is 2. The predicted octanol–water partition coefficient (Wildman–Crippen LogP) is 7.43. The van der Waals surface area contributed by atoms with Gasteiger partial charge in [-0.25, -0.2) is 0 Å². The highest BCUT2D eigenvalue weighted by Gasteiger charge is 2.15. The molecule has 0 heterocycles. The van der Waals surface area contributed by atoms with Gasteiger partial charge in [0.2, 0.25) is 0 Å². The Morgan fingerprint density at radius 2 is 1.44 bits per heavy atom. The summed E-state index contributed by atoms with van der Waals surface area (Å²) >= 11 is 3.48. The van der Waals surface area contributed by atoms with Crippen LogP contribution in [0.4, 0.5) is 11.4 Å². The van der Waals surface area contributed by atoms with Crippen LogP contribution >= 0.6 is 15.9 Å². The van der Waals surface area contributed by atoms with E-state index in [0.29, 0.717) is 34.9 Å². The molecule has 0 aromatic heterocycles. The van der Waals surface area contributed by atoms with Crippen LogP contribution in [0.15, 0.2) is 71.2 Å². The molecule has 0 aliphatic rings. The minimum atomic E-state index is -0.248. The van der Waals surface area contributed by atoms with Gasteiger partial charge in [0.15, 0.2) is 0 Å². The maximum atomic E-state index is 12.7. The van der Waals surface area contributed by atoms with Crippen LogP contribution in [-0.4, -0.2) is 18.4 Å². The normalized spacial score (nSPS) is 11.1. The van der Waals surface area contributed by atoms with Gasteiger partial charge < -0.3 is 15.4 Å². The van der Waals surface area contributed by atoms with E-state index in [1.165, 1.54) is 5.56 Å². The molecule has 0 saturated heterocycles. The molecule has 6 heteroatoms. The number of nitrogens with one attached hydrogen (secondary N) is 2. The van der Waals surface area contributed by atoms with Crippen molar-refractivity contribution < 1.29 is 14.3 Å². The van der Waals surface area contributed by atoms with Gasteiger partial charge in [0, 0.05) is 22.5 Å². The lowest BCUT2D eigenvalue weighted by Crippen LogP contribution is -2.15. The van der Waals surface area contributed by atoms with Crippen LogP contribution in [0.2, 0.25) is 0 Å². The Balaban J connectivity index is 1.64. The fourth-order valence-corrected chi connectivity index (χ4v) is 3.78. The van der Waals surface area contributed by atoms with E-state index >= 15 is 0 Å². The number of hydrogen-bond acceptors (Lipinski definition) is 3. The maximum absolute atomic E-state index is 12.7.